The number of rotatable bonds is 10. The van der Waals surface area contributed by atoms with Crippen molar-refractivity contribution in [1.82, 2.24) is 5.32 Å². The van der Waals surface area contributed by atoms with Crippen LogP contribution >= 0.6 is 0 Å². The summed E-state index contributed by atoms with van der Waals surface area (Å²) < 4.78 is 45.5. The van der Waals surface area contributed by atoms with Crippen LogP contribution in [0.15, 0.2) is 36.4 Å². The lowest BCUT2D eigenvalue weighted by Gasteiger charge is -2.17. The minimum Gasteiger partial charge on any atom is -0.496 e. The third kappa shape index (κ3) is 6.57. The number of hydrogen-bond acceptors (Lipinski definition) is 4. The largest absolute Gasteiger partial charge is 0.496 e. The van der Waals surface area contributed by atoms with Gasteiger partial charge in [-0.3, -0.25) is 9.59 Å². The molecule has 0 atom stereocenters. The number of benzene rings is 2. The van der Waals surface area contributed by atoms with Crippen LogP contribution in [0.25, 0.3) is 11.1 Å². The number of halogens is 3. The van der Waals surface area contributed by atoms with E-state index in [0.717, 1.165) is 37.8 Å². The molecular weight excluding hydrogens is 435 g/mol. The van der Waals surface area contributed by atoms with E-state index >= 15 is 0 Å². The predicted molar refractivity (Wildman–Crippen MR) is 118 cm³/mol. The van der Waals surface area contributed by atoms with Crippen LogP contribution < -0.4 is 10.1 Å². The highest BCUT2D eigenvalue weighted by molar-refractivity contribution is 5.81. The third-order valence-electron chi connectivity index (χ3n) is 6.02. The first-order chi connectivity index (χ1) is 15.7. The molecule has 5 nitrogen and oxygen atoms in total. The molecule has 1 aliphatic carbocycles. The number of carboxylic acids is 1. The number of carboxylic acid groups (broad SMARTS) is 1. The van der Waals surface area contributed by atoms with Crippen molar-refractivity contribution in [2.45, 2.75) is 51.2 Å². The fourth-order valence-corrected chi connectivity index (χ4v) is 4.32. The number of nitrogens with one attached hydrogen (secondary N) is 1. The van der Waals surface area contributed by atoms with Crippen LogP contribution in [0, 0.1) is 5.92 Å². The molecule has 1 aliphatic rings. The molecule has 1 fully saturated rings. The van der Waals surface area contributed by atoms with Crippen LogP contribution in [0.1, 0.15) is 48.8 Å². The van der Waals surface area contributed by atoms with Crippen molar-refractivity contribution in [3.63, 3.8) is 0 Å². The summed E-state index contributed by atoms with van der Waals surface area (Å²) in [5, 5.41) is 12.2. The number of alkyl halides is 3. The second-order valence-electron chi connectivity index (χ2n) is 8.35. The molecule has 3 rings (SSSR count). The lowest BCUT2D eigenvalue weighted by atomic mass is 9.94. The number of hydrogen-bond donors (Lipinski definition) is 2. The Morgan fingerprint density at radius 1 is 1.09 bits per heavy atom. The van der Waals surface area contributed by atoms with Gasteiger partial charge in [0, 0.05) is 31.0 Å². The first-order valence-electron chi connectivity index (χ1n) is 11.0. The number of carbonyl (C=O) groups is 2. The summed E-state index contributed by atoms with van der Waals surface area (Å²) in [6, 6.07) is 8.33. The number of ether oxygens (including phenoxy) is 1. The highest BCUT2D eigenvalue weighted by Gasteiger charge is 2.31. The van der Waals surface area contributed by atoms with Gasteiger partial charge in [0.05, 0.1) is 19.1 Å². The van der Waals surface area contributed by atoms with Crippen LogP contribution in [0.2, 0.25) is 0 Å². The van der Waals surface area contributed by atoms with Crippen LogP contribution in [0.3, 0.4) is 0 Å². The Labute approximate surface area is 191 Å². The zero-order valence-corrected chi connectivity index (χ0v) is 18.5. The Morgan fingerprint density at radius 3 is 2.45 bits per heavy atom. The van der Waals surface area contributed by atoms with Crippen LogP contribution in [-0.2, 0) is 28.7 Å². The van der Waals surface area contributed by atoms with Crippen molar-refractivity contribution in [3.05, 3.63) is 53.1 Å². The molecule has 0 spiro atoms. The molecule has 2 aromatic carbocycles. The topological polar surface area (TPSA) is 75.6 Å². The molecule has 2 N–H and O–H groups in total. The second kappa shape index (κ2) is 10.8. The van der Waals surface area contributed by atoms with Gasteiger partial charge in [0.1, 0.15) is 11.5 Å². The highest BCUT2D eigenvalue weighted by Crippen LogP contribution is 2.37. The normalized spacial score (nSPS) is 14.4. The number of carbonyl (C=O) groups excluding carboxylic acids is 1. The van der Waals surface area contributed by atoms with Crippen molar-refractivity contribution in [2.24, 2.45) is 5.92 Å². The standard InChI is InChI=1S/C25H28F3NO4/c1-33-23-9-6-16(13-24(31)32)12-21(23)20-8-7-19(25(26,27)28)14-18(20)15-29-11-10-22(30)17-4-2-3-5-17/h6-9,12,14,17,29H,2-5,10-11,13,15H2,1H3,(H,31,32). The van der Waals surface area contributed by atoms with E-state index in [2.05, 4.69) is 5.32 Å². The molecule has 178 valence electrons. The maximum atomic E-state index is 13.4. The monoisotopic (exact) mass is 463 g/mol. The molecule has 0 aliphatic heterocycles. The maximum Gasteiger partial charge on any atom is 0.416 e. The van der Waals surface area contributed by atoms with E-state index in [1.165, 1.54) is 13.2 Å². The lowest BCUT2D eigenvalue weighted by Crippen LogP contribution is -2.21. The highest BCUT2D eigenvalue weighted by atomic mass is 19.4. The number of methoxy groups -OCH3 is 1. The van der Waals surface area contributed by atoms with Crippen molar-refractivity contribution in [1.29, 1.82) is 0 Å². The van der Waals surface area contributed by atoms with Gasteiger partial charge in [0.2, 0.25) is 0 Å². The zero-order valence-electron chi connectivity index (χ0n) is 18.5. The first kappa shape index (κ1) is 24.8. The van der Waals surface area contributed by atoms with E-state index in [-0.39, 0.29) is 24.7 Å². The van der Waals surface area contributed by atoms with Gasteiger partial charge in [-0.2, -0.15) is 13.2 Å². The average molecular weight is 463 g/mol. The van der Waals surface area contributed by atoms with Gasteiger partial charge < -0.3 is 15.2 Å². The SMILES string of the molecule is COc1ccc(CC(=O)O)cc1-c1ccc(C(F)(F)F)cc1CNCCC(=O)C1CCCC1. The summed E-state index contributed by atoms with van der Waals surface area (Å²) in [6.07, 6.45) is -0.390. The zero-order chi connectivity index (χ0) is 24.0. The average Bonchev–Trinajstić information content (AvgIpc) is 3.30. The minimum absolute atomic E-state index is 0.108. The molecule has 0 bridgehead atoms. The fourth-order valence-electron chi connectivity index (χ4n) is 4.32. The molecular formula is C25H28F3NO4. The molecule has 8 heteroatoms. The fraction of sp³-hybridized carbons (Fsp3) is 0.440. The number of ketones is 1. The summed E-state index contributed by atoms with van der Waals surface area (Å²) in [5.41, 5.74) is 1.17. The summed E-state index contributed by atoms with van der Waals surface area (Å²) >= 11 is 0. The van der Waals surface area contributed by atoms with E-state index in [1.54, 1.807) is 18.2 Å². The van der Waals surface area contributed by atoms with Crippen molar-refractivity contribution < 1.29 is 32.6 Å². The summed E-state index contributed by atoms with van der Waals surface area (Å²) in [6.45, 7) is 0.505. The van der Waals surface area contributed by atoms with E-state index in [1.807, 2.05) is 0 Å². The molecule has 1 saturated carbocycles. The van der Waals surface area contributed by atoms with E-state index < -0.39 is 17.7 Å². The third-order valence-corrected chi connectivity index (χ3v) is 6.02. The van der Waals surface area contributed by atoms with Gasteiger partial charge in [-0.1, -0.05) is 25.0 Å². The van der Waals surface area contributed by atoms with Crippen molar-refractivity contribution >= 4 is 11.8 Å². The molecule has 2 aromatic rings. The Balaban J connectivity index is 1.85. The van der Waals surface area contributed by atoms with Crippen LogP contribution in [-0.4, -0.2) is 30.5 Å². The second-order valence-corrected chi connectivity index (χ2v) is 8.35. The lowest BCUT2D eigenvalue weighted by molar-refractivity contribution is -0.138. The Bertz CT molecular complexity index is 998. The molecule has 0 saturated heterocycles. The van der Waals surface area contributed by atoms with Gasteiger partial charge in [-0.05, 0) is 53.8 Å². The molecule has 0 aromatic heterocycles. The Kier molecular flexibility index (Phi) is 8.13. The van der Waals surface area contributed by atoms with Gasteiger partial charge in [0.15, 0.2) is 0 Å². The number of aliphatic carboxylic acids is 1. The van der Waals surface area contributed by atoms with Gasteiger partial charge in [-0.15, -0.1) is 0 Å². The number of Topliss-reactive ketones (excluding diaryl/α,β-unsaturated/α-hetero) is 1. The molecule has 0 amide bonds. The molecule has 0 heterocycles. The summed E-state index contributed by atoms with van der Waals surface area (Å²) in [5.74, 6) is -0.265. The van der Waals surface area contributed by atoms with Crippen molar-refractivity contribution in [2.75, 3.05) is 13.7 Å². The van der Waals surface area contributed by atoms with E-state index in [9.17, 15) is 22.8 Å². The van der Waals surface area contributed by atoms with Gasteiger partial charge in [-0.25, -0.2) is 0 Å². The summed E-state index contributed by atoms with van der Waals surface area (Å²) in [7, 11) is 1.45. The molecule has 0 radical (unpaired) electrons. The Hall–Kier alpha value is -2.87. The predicted octanol–water partition coefficient (Wildman–Crippen LogP) is 5.25. The molecule has 0 unspecified atom stereocenters. The molecule has 33 heavy (non-hydrogen) atoms. The van der Waals surface area contributed by atoms with E-state index in [4.69, 9.17) is 9.84 Å². The minimum atomic E-state index is -4.50. The Morgan fingerprint density at radius 2 is 1.82 bits per heavy atom. The summed E-state index contributed by atoms with van der Waals surface area (Å²) in [4.78, 5) is 23.4. The van der Waals surface area contributed by atoms with Crippen molar-refractivity contribution in [3.8, 4) is 16.9 Å². The van der Waals surface area contributed by atoms with Gasteiger partial charge in [0.25, 0.3) is 0 Å². The smallest absolute Gasteiger partial charge is 0.416 e. The van der Waals surface area contributed by atoms with Crippen LogP contribution in [0.5, 0.6) is 5.75 Å². The maximum absolute atomic E-state index is 13.4. The van der Waals surface area contributed by atoms with Crippen LogP contribution in [0.4, 0.5) is 13.2 Å². The van der Waals surface area contributed by atoms with E-state index in [0.29, 0.717) is 41.0 Å². The quantitative estimate of drug-likeness (QED) is 0.471. The first-order valence-corrected chi connectivity index (χ1v) is 11.0. The van der Waals surface area contributed by atoms with Gasteiger partial charge >= 0.3 is 12.1 Å².